The quantitative estimate of drug-likeness (QED) is 0.680. The Kier molecular flexibility index (Phi) is 6.03. The fraction of sp³-hybridized carbons (Fsp3) is 0.208. The molecule has 1 aromatic heterocycles. The highest BCUT2D eigenvalue weighted by Crippen LogP contribution is 2.23. The normalized spacial score (nSPS) is 15.6. The average Bonchev–Trinajstić information content (AvgIpc) is 3.29. The van der Waals surface area contributed by atoms with Gasteiger partial charge in [-0.05, 0) is 49.2 Å². The highest BCUT2D eigenvalue weighted by molar-refractivity contribution is 6.01. The van der Waals surface area contributed by atoms with Crippen LogP contribution in [0.2, 0.25) is 0 Å². The Morgan fingerprint density at radius 2 is 1.87 bits per heavy atom. The topological polar surface area (TPSA) is 71.5 Å². The van der Waals surface area contributed by atoms with Crippen molar-refractivity contribution in [1.82, 2.24) is 9.88 Å². The zero-order chi connectivity index (χ0) is 20.8. The van der Waals surface area contributed by atoms with Gasteiger partial charge in [0.05, 0.1) is 5.69 Å². The second-order valence-electron chi connectivity index (χ2n) is 7.15. The van der Waals surface area contributed by atoms with Gasteiger partial charge in [0.2, 0.25) is 5.91 Å². The molecular weight excluding hydrogens is 378 g/mol. The van der Waals surface area contributed by atoms with Crippen molar-refractivity contribution in [3.05, 3.63) is 90.3 Å². The number of aromatic nitrogens is 1. The maximum absolute atomic E-state index is 12.9. The number of carbonyl (C=O) groups is 2. The number of hydrogen-bond donors (Lipinski definition) is 1. The molecule has 3 aromatic rings. The van der Waals surface area contributed by atoms with Crippen LogP contribution in [-0.2, 0) is 11.4 Å². The lowest BCUT2D eigenvalue weighted by atomic mass is 10.1. The van der Waals surface area contributed by atoms with Crippen LogP contribution in [-0.4, -0.2) is 34.3 Å². The molecule has 0 bridgehead atoms. The molecule has 1 atom stereocenters. The maximum atomic E-state index is 12.9. The first-order valence-electron chi connectivity index (χ1n) is 10.0. The molecule has 152 valence electrons. The van der Waals surface area contributed by atoms with Crippen LogP contribution in [0.5, 0.6) is 5.75 Å². The number of anilines is 1. The van der Waals surface area contributed by atoms with E-state index in [4.69, 9.17) is 4.74 Å². The van der Waals surface area contributed by atoms with Crippen LogP contribution >= 0.6 is 0 Å². The van der Waals surface area contributed by atoms with E-state index in [1.54, 1.807) is 29.3 Å². The zero-order valence-electron chi connectivity index (χ0n) is 16.5. The van der Waals surface area contributed by atoms with Crippen molar-refractivity contribution in [3.8, 4) is 5.75 Å². The number of rotatable bonds is 6. The highest BCUT2D eigenvalue weighted by Gasteiger charge is 2.34. The first-order chi connectivity index (χ1) is 14.7. The smallest absolute Gasteiger partial charge is 0.254 e. The third-order valence-corrected chi connectivity index (χ3v) is 5.05. The lowest BCUT2D eigenvalue weighted by Gasteiger charge is -2.24. The Morgan fingerprint density at radius 3 is 2.67 bits per heavy atom. The van der Waals surface area contributed by atoms with Gasteiger partial charge in [-0.3, -0.25) is 14.6 Å². The summed E-state index contributed by atoms with van der Waals surface area (Å²) in [7, 11) is 0. The minimum absolute atomic E-state index is 0.110. The summed E-state index contributed by atoms with van der Waals surface area (Å²) in [5.41, 5.74) is 2.06. The van der Waals surface area contributed by atoms with Crippen LogP contribution < -0.4 is 10.1 Å². The van der Waals surface area contributed by atoms with Gasteiger partial charge in [-0.25, -0.2) is 0 Å². The van der Waals surface area contributed by atoms with Crippen molar-refractivity contribution >= 4 is 17.5 Å². The molecule has 1 fully saturated rings. The predicted molar refractivity (Wildman–Crippen MR) is 114 cm³/mol. The zero-order valence-corrected chi connectivity index (χ0v) is 16.5. The summed E-state index contributed by atoms with van der Waals surface area (Å²) in [4.78, 5) is 31.6. The number of ether oxygens (including phenoxy) is 1. The monoisotopic (exact) mass is 401 g/mol. The van der Waals surface area contributed by atoms with E-state index in [1.807, 2.05) is 54.6 Å². The van der Waals surface area contributed by atoms with Gasteiger partial charge in [-0.1, -0.05) is 30.3 Å². The lowest BCUT2D eigenvalue weighted by Crippen LogP contribution is -2.43. The fourth-order valence-corrected chi connectivity index (χ4v) is 3.56. The second-order valence-corrected chi connectivity index (χ2v) is 7.15. The number of hydrogen-bond acceptors (Lipinski definition) is 4. The van der Waals surface area contributed by atoms with Crippen molar-refractivity contribution in [2.24, 2.45) is 0 Å². The van der Waals surface area contributed by atoms with Crippen LogP contribution in [0.25, 0.3) is 0 Å². The molecule has 1 N–H and O–H groups in total. The molecule has 4 rings (SSSR count). The Labute approximate surface area is 175 Å². The van der Waals surface area contributed by atoms with E-state index < -0.39 is 6.04 Å². The Bertz CT molecular complexity index is 1010. The van der Waals surface area contributed by atoms with Crippen LogP contribution in [0, 0.1) is 0 Å². The first-order valence-corrected chi connectivity index (χ1v) is 10.0. The van der Waals surface area contributed by atoms with Crippen molar-refractivity contribution in [3.63, 3.8) is 0 Å². The van der Waals surface area contributed by atoms with Gasteiger partial charge < -0.3 is 15.0 Å². The number of benzene rings is 2. The van der Waals surface area contributed by atoms with E-state index >= 15 is 0 Å². The molecule has 6 heteroatoms. The molecule has 0 radical (unpaired) electrons. The van der Waals surface area contributed by atoms with Crippen LogP contribution in [0.3, 0.4) is 0 Å². The van der Waals surface area contributed by atoms with Crippen LogP contribution in [0.1, 0.15) is 28.9 Å². The van der Waals surface area contributed by atoms with Crippen molar-refractivity contribution in [1.29, 1.82) is 0 Å². The molecule has 6 nitrogen and oxygen atoms in total. The standard InChI is InChI=1S/C24H23N3O3/c28-23(22-13-7-15-27(22)24(29)18-8-2-1-3-9-18)26-19-11-6-12-21(16-19)30-17-20-10-4-5-14-25-20/h1-6,8-12,14,16,22H,7,13,15,17H2,(H,26,28). The van der Waals surface area contributed by atoms with Gasteiger partial charge in [-0.15, -0.1) is 0 Å². The first kappa shape index (κ1) is 19.6. The van der Waals surface area contributed by atoms with Crippen LogP contribution in [0.4, 0.5) is 5.69 Å². The SMILES string of the molecule is O=C(Nc1cccc(OCc2ccccn2)c1)C1CCCN1C(=O)c1ccccc1. The largest absolute Gasteiger partial charge is 0.487 e. The van der Waals surface area contributed by atoms with Crippen molar-refractivity contribution < 1.29 is 14.3 Å². The van der Waals surface area contributed by atoms with Crippen molar-refractivity contribution in [2.45, 2.75) is 25.5 Å². The lowest BCUT2D eigenvalue weighted by molar-refractivity contribution is -0.119. The molecule has 2 aromatic carbocycles. The summed E-state index contributed by atoms with van der Waals surface area (Å²) in [6.45, 7) is 0.930. The van der Waals surface area contributed by atoms with Gasteiger partial charge in [0.15, 0.2) is 0 Å². The van der Waals surface area contributed by atoms with Gasteiger partial charge in [0, 0.05) is 30.1 Å². The van der Waals surface area contributed by atoms with Gasteiger partial charge in [-0.2, -0.15) is 0 Å². The maximum Gasteiger partial charge on any atom is 0.254 e. The summed E-state index contributed by atoms with van der Waals surface area (Å²) in [5, 5.41) is 2.93. The van der Waals surface area contributed by atoms with Crippen LogP contribution in [0.15, 0.2) is 79.0 Å². The summed E-state index contributed by atoms with van der Waals surface area (Å²) in [5.74, 6) is 0.349. The molecule has 1 unspecified atom stereocenters. The van der Waals surface area contributed by atoms with E-state index in [0.717, 1.165) is 12.1 Å². The summed E-state index contributed by atoms with van der Waals surface area (Å²) in [6.07, 6.45) is 3.18. The molecule has 1 saturated heterocycles. The molecule has 2 amide bonds. The Hall–Kier alpha value is -3.67. The molecule has 0 saturated carbocycles. The molecule has 1 aliphatic heterocycles. The minimum Gasteiger partial charge on any atom is -0.487 e. The van der Waals surface area contributed by atoms with E-state index in [2.05, 4.69) is 10.3 Å². The molecule has 2 heterocycles. The average molecular weight is 401 g/mol. The molecule has 30 heavy (non-hydrogen) atoms. The van der Waals surface area contributed by atoms with Gasteiger partial charge in [0.1, 0.15) is 18.4 Å². The molecule has 1 aliphatic rings. The van der Waals surface area contributed by atoms with E-state index in [-0.39, 0.29) is 11.8 Å². The fourth-order valence-electron chi connectivity index (χ4n) is 3.56. The van der Waals surface area contributed by atoms with E-state index in [9.17, 15) is 9.59 Å². The number of nitrogens with one attached hydrogen (secondary N) is 1. The molecule has 0 aliphatic carbocycles. The number of likely N-dealkylation sites (tertiary alicyclic amines) is 1. The van der Waals surface area contributed by atoms with E-state index in [1.165, 1.54) is 0 Å². The third kappa shape index (κ3) is 4.66. The van der Waals surface area contributed by atoms with Gasteiger partial charge >= 0.3 is 0 Å². The minimum atomic E-state index is -0.476. The molecular formula is C24H23N3O3. The van der Waals surface area contributed by atoms with E-state index in [0.29, 0.717) is 36.6 Å². The molecule has 0 spiro atoms. The summed E-state index contributed by atoms with van der Waals surface area (Å²) < 4.78 is 5.78. The number of amides is 2. The Morgan fingerprint density at radius 1 is 1.03 bits per heavy atom. The summed E-state index contributed by atoms with van der Waals surface area (Å²) in [6, 6.07) is 21.5. The Balaban J connectivity index is 1.40. The third-order valence-electron chi connectivity index (χ3n) is 5.05. The summed E-state index contributed by atoms with van der Waals surface area (Å²) >= 11 is 0. The number of nitrogens with zero attached hydrogens (tertiary/aromatic N) is 2. The predicted octanol–water partition coefficient (Wildman–Crippen LogP) is 3.90. The van der Waals surface area contributed by atoms with Gasteiger partial charge in [0.25, 0.3) is 5.91 Å². The second kappa shape index (κ2) is 9.22. The van der Waals surface area contributed by atoms with Crippen molar-refractivity contribution in [2.75, 3.05) is 11.9 Å². The number of carbonyl (C=O) groups excluding carboxylic acids is 2. The highest BCUT2D eigenvalue weighted by atomic mass is 16.5. The number of pyridine rings is 1.